The van der Waals surface area contributed by atoms with Crippen molar-refractivity contribution in [1.82, 2.24) is 5.32 Å². The number of carbonyl (C=O) groups excluding carboxylic acids is 1. The van der Waals surface area contributed by atoms with Crippen LogP contribution >= 0.6 is 0 Å². The highest BCUT2D eigenvalue weighted by Gasteiger charge is 2.09. The Labute approximate surface area is 122 Å². The van der Waals surface area contributed by atoms with E-state index in [1.807, 2.05) is 30.3 Å². The Hall–Kier alpha value is -2.82. The SMILES string of the molecule is CN(C(=O)NCc1ccc(C(=O)O)cc1)c1ccccc1. The molecule has 0 heterocycles. The summed E-state index contributed by atoms with van der Waals surface area (Å²) < 4.78 is 0. The Morgan fingerprint density at radius 2 is 1.67 bits per heavy atom. The van der Waals surface area contributed by atoms with Gasteiger partial charge in [-0.1, -0.05) is 30.3 Å². The van der Waals surface area contributed by atoms with E-state index in [0.29, 0.717) is 6.54 Å². The van der Waals surface area contributed by atoms with Crippen molar-refractivity contribution in [2.24, 2.45) is 0 Å². The lowest BCUT2D eigenvalue weighted by Gasteiger charge is -2.18. The van der Waals surface area contributed by atoms with Crippen molar-refractivity contribution in [3.8, 4) is 0 Å². The predicted molar refractivity (Wildman–Crippen MR) is 80.5 cm³/mol. The smallest absolute Gasteiger partial charge is 0.335 e. The summed E-state index contributed by atoms with van der Waals surface area (Å²) in [6.45, 7) is 0.343. The van der Waals surface area contributed by atoms with Gasteiger partial charge in [0.25, 0.3) is 0 Å². The molecule has 0 bridgehead atoms. The Morgan fingerprint density at radius 1 is 1.05 bits per heavy atom. The van der Waals surface area contributed by atoms with Crippen molar-refractivity contribution in [2.45, 2.75) is 6.54 Å². The van der Waals surface area contributed by atoms with E-state index in [1.165, 1.54) is 17.0 Å². The zero-order chi connectivity index (χ0) is 15.2. The van der Waals surface area contributed by atoms with E-state index in [4.69, 9.17) is 5.11 Å². The quantitative estimate of drug-likeness (QED) is 0.907. The maximum absolute atomic E-state index is 12.0. The third-order valence-corrected chi connectivity index (χ3v) is 3.09. The number of urea groups is 1. The molecular weight excluding hydrogens is 268 g/mol. The average molecular weight is 284 g/mol. The standard InChI is InChI=1S/C16H16N2O3/c1-18(14-5-3-2-4-6-14)16(21)17-11-12-7-9-13(10-8-12)15(19)20/h2-10H,11H2,1H3,(H,17,21)(H,19,20). The topological polar surface area (TPSA) is 69.6 Å². The second-order valence-corrected chi connectivity index (χ2v) is 4.56. The van der Waals surface area contributed by atoms with Crippen molar-refractivity contribution in [3.63, 3.8) is 0 Å². The van der Waals surface area contributed by atoms with E-state index in [9.17, 15) is 9.59 Å². The van der Waals surface area contributed by atoms with Crippen LogP contribution in [0.4, 0.5) is 10.5 Å². The van der Waals surface area contributed by atoms with Crippen LogP contribution in [-0.2, 0) is 6.54 Å². The maximum Gasteiger partial charge on any atom is 0.335 e. The monoisotopic (exact) mass is 284 g/mol. The normalized spacial score (nSPS) is 9.95. The lowest BCUT2D eigenvalue weighted by Crippen LogP contribution is -2.36. The van der Waals surface area contributed by atoms with Crippen LogP contribution in [0.15, 0.2) is 54.6 Å². The highest BCUT2D eigenvalue weighted by molar-refractivity contribution is 5.91. The molecule has 2 aromatic carbocycles. The van der Waals surface area contributed by atoms with Crippen LogP contribution in [0.3, 0.4) is 0 Å². The van der Waals surface area contributed by atoms with Gasteiger partial charge in [0.1, 0.15) is 0 Å². The van der Waals surface area contributed by atoms with Gasteiger partial charge in [0.05, 0.1) is 5.56 Å². The number of nitrogens with zero attached hydrogens (tertiary/aromatic N) is 1. The number of amides is 2. The number of para-hydroxylation sites is 1. The van der Waals surface area contributed by atoms with Crippen molar-refractivity contribution < 1.29 is 14.7 Å². The molecule has 0 unspecified atom stereocenters. The number of carboxylic acids is 1. The van der Waals surface area contributed by atoms with Crippen LogP contribution < -0.4 is 10.2 Å². The number of benzene rings is 2. The van der Waals surface area contributed by atoms with Crippen LogP contribution in [-0.4, -0.2) is 24.2 Å². The molecule has 0 saturated carbocycles. The molecular formula is C16H16N2O3. The molecule has 0 aliphatic heterocycles. The number of rotatable bonds is 4. The van der Waals surface area contributed by atoms with Crippen molar-refractivity contribution in [3.05, 3.63) is 65.7 Å². The summed E-state index contributed by atoms with van der Waals surface area (Å²) in [5.41, 5.74) is 1.87. The fourth-order valence-electron chi connectivity index (χ4n) is 1.83. The van der Waals surface area contributed by atoms with Gasteiger partial charge in [0, 0.05) is 19.3 Å². The van der Waals surface area contributed by atoms with Crippen molar-refractivity contribution >= 4 is 17.7 Å². The Balaban J connectivity index is 1.93. The molecule has 0 aromatic heterocycles. The van der Waals surface area contributed by atoms with E-state index in [1.54, 1.807) is 19.2 Å². The number of hydrogen-bond acceptors (Lipinski definition) is 2. The third kappa shape index (κ3) is 3.82. The highest BCUT2D eigenvalue weighted by Crippen LogP contribution is 2.11. The van der Waals surface area contributed by atoms with Gasteiger partial charge in [0.2, 0.25) is 0 Å². The molecule has 0 radical (unpaired) electrons. The molecule has 5 nitrogen and oxygen atoms in total. The van der Waals surface area contributed by atoms with E-state index in [0.717, 1.165) is 11.3 Å². The summed E-state index contributed by atoms with van der Waals surface area (Å²) in [5.74, 6) is -0.964. The molecule has 108 valence electrons. The van der Waals surface area contributed by atoms with Crippen LogP contribution in [0, 0.1) is 0 Å². The molecule has 2 aromatic rings. The number of carboxylic acid groups (broad SMARTS) is 1. The molecule has 0 fully saturated rings. The summed E-state index contributed by atoms with van der Waals surface area (Å²) in [5, 5.41) is 11.6. The van der Waals surface area contributed by atoms with Gasteiger partial charge in [-0.2, -0.15) is 0 Å². The zero-order valence-electron chi connectivity index (χ0n) is 11.6. The molecule has 0 atom stereocenters. The van der Waals surface area contributed by atoms with Crippen LogP contribution in [0.2, 0.25) is 0 Å². The Bertz CT molecular complexity index is 624. The fourth-order valence-corrected chi connectivity index (χ4v) is 1.83. The first-order valence-corrected chi connectivity index (χ1v) is 6.47. The predicted octanol–water partition coefficient (Wildman–Crippen LogP) is 2.73. The van der Waals surface area contributed by atoms with Crippen molar-refractivity contribution in [1.29, 1.82) is 0 Å². The molecule has 0 saturated heterocycles. The van der Waals surface area contributed by atoms with Gasteiger partial charge in [-0.3, -0.25) is 4.90 Å². The van der Waals surface area contributed by atoms with Gasteiger partial charge in [-0.25, -0.2) is 9.59 Å². The molecule has 2 amide bonds. The Morgan fingerprint density at radius 3 is 2.24 bits per heavy atom. The van der Waals surface area contributed by atoms with E-state index in [2.05, 4.69) is 5.32 Å². The van der Waals surface area contributed by atoms with Crippen LogP contribution in [0.1, 0.15) is 15.9 Å². The highest BCUT2D eigenvalue weighted by atomic mass is 16.4. The number of aromatic carboxylic acids is 1. The fraction of sp³-hybridized carbons (Fsp3) is 0.125. The second-order valence-electron chi connectivity index (χ2n) is 4.56. The molecule has 2 rings (SSSR count). The number of carbonyl (C=O) groups is 2. The largest absolute Gasteiger partial charge is 0.478 e. The lowest BCUT2D eigenvalue weighted by molar-refractivity contribution is 0.0697. The summed E-state index contributed by atoms with van der Waals surface area (Å²) in [4.78, 5) is 24.3. The lowest BCUT2D eigenvalue weighted by atomic mass is 10.1. The van der Waals surface area contributed by atoms with E-state index < -0.39 is 5.97 Å². The zero-order valence-corrected chi connectivity index (χ0v) is 11.6. The summed E-state index contributed by atoms with van der Waals surface area (Å²) in [6.07, 6.45) is 0. The molecule has 0 aliphatic carbocycles. The number of anilines is 1. The molecule has 0 aliphatic rings. The second kappa shape index (κ2) is 6.56. The summed E-state index contributed by atoms with van der Waals surface area (Å²) >= 11 is 0. The first-order chi connectivity index (χ1) is 10.1. The minimum Gasteiger partial charge on any atom is -0.478 e. The summed E-state index contributed by atoms with van der Waals surface area (Å²) in [7, 11) is 1.69. The van der Waals surface area contributed by atoms with Crippen molar-refractivity contribution in [2.75, 3.05) is 11.9 Å². The third-order valence-electron chi connectivity index (χ3n) is 3.09. The number of nitrogens with one attached hydrogen (secondary N) is 1. The minimum atomic E-state index is -0.964. The van der Waals surface area contributed by atoms with Gasteiger partial charge >= 0.3 is 12.0 Å². The minimum absolute atomic E-state index is 0.219. The van der Waals surface area contributed by atoms with Gasteiger partial charge < -0.3 is 10.4 Å². The first-order valence-electron chi connectivity index (χ1n) is 6.47. The first kappa shape index (κ1) is 14.6. The summed E-state index contributed by atoms with van der Waals surface area (Å²) in [6, 6.07) is 15.5. The van der Waals surface area contributed by atoms with E-state index >= 15 is 0 Å². The van der Waals surface area contributed by atoms with Crippen LogP contribution in [0.25, 0.3) is 0 Å². The molecule has 5 heteroatoms. The van der Waals surface area contributed by atoms with Crippen LogP contribution in [0.5, 0.6) is 0 Å². The molecule has 21 heavy (non-hydrogen) atoms. The maximum atomic E-state index is 12.0. The van der Waals surface area contributed by atoms with Gasteiger partial charge in [0.15, 0.2) is 0 Å². The molecule has 0 spiro atoms. The molecule has 2 N–H and O–H groups in total. The van der Waals surface area contributed by atoms with E-state index in [-0.39, 0.29) is 11.6 Å². The average Bonchev–Trinajstić information content (AvgIpc) is 2.53. The number of hydrogen-bond donors (Lipinski definition) is 2. The van der Waals surface area contributed by atoms with Gasteiger partial charge in [-0.15, -0.1) is 0 Å². The van der Waals surface area contributed by atoms with Gasteiger partial charge in [-0.05, 0) is 29.8 Å². The Kier molecular flexibility index (Phi) is 4.56.